The van der Waals surface area contributed by atoms with E-state index in [4.69, 9.17) is 18.9 Å². The number of benzene rings is 2. The minimum absolute atomic E-state index is 0.0268. The third kappa shape index (κ3) is 5.32. The zero-order chi connectivity index (χ0) is 28.5. The molecule has 0 radical (unpaired) electrons. The molecule has 7 rings (SSSR count). The van der Waals surface area contributed by atoms with E-state index >= 15 is 0 Å². The SMILES string of the molecule is O=C(C=C[C@@H]1[C@@H](CCc2ccc3c(c2)OCO3)[C@H](C(=O)N2CCCCC2)[C@H]1c1ccc2c(c1)OCO2)N1CCCCC1. The van der Waals surface area contributed by atoms with Crippen molar-refractivity contribution in [2.75, 3.05) is 39.8 Å². The van der Waals surface area contributed by atoms with Gasteiger partial charge in [0.1, 0.15) is 0 Å². The first-order valence-corrected chi connectivity index (χ1v) is 15.7. The molecule has 1 aliphatic carbocycles. The molecule has 4 atom stereocenters. The van der Waals surface area contributed by atoms with Crippen LogP contribution in [-0.2, 0) is 16.0 Å². The standard InChI is InChI=1S/C34H40N2O6/c37-31(35-15-3-1-4-16-35)14-11-25-26(10-7-23-8-12-27-29(19-23)41-21-39-27)33(34(38)36-17-5-2-6-18-36)32(25)24-9-13-28-30(20-24)42-22-40-28/h8-9,11-14,19-20,25-26,32-33H,1-7,10,15-18,21-22H2/t25-,26-,32+,33+/m1/s1. The summed E-state index contributed by atoms with van der Waals surface area (Å²) in [5.41, 5.74) is 2.25. The molecular formula is C34H40N2O6. The first-order chi connectivity index (χ1) is 20.7. The topological polar surface area (TPSA) is 77.5 Å². The van der Waals surface area contributed by atoms with E-state index in [9.17, 15) is 9.59 Å². The third-order valence-corrected chi connectivity index (χ3v) is 9.82. The van der Waals surface area contributed by atoms with Gasteiger partial charge in [-0.15, -0.1) is 0 Å². The van der Waals surface area contributed by atoms with E-state index in [1.54, 1.807) is 6.08 Å². The highest BCUT2D eigenvalue weighted by Gasteiger charge is 2.54. The first kappa shape index (κ1) is 27.2. The van der Waals surface area contributed by atoms with Crippen LogP contribution in [0.2, 0.25) is 0 Å². The molecule has 42 heavy (non-hydrogen) atoms. The molecule has 0 N–H and O–H groups in total. The first-order valence-electron chi connectivity index (χ1n) is 15.7. The summed E-state index contributed by atoms with van der Waals surface area (Å²) in [6.45, 7) is 3.76. The van der Waals surface area contributed by atoms with Crippen LogP contribution in [0.1, 0.15) is 62.0 Å². The third-order valence-electron chi connectivity index (χ3n) is 9.82. The molecule has 2 aromatic rings. The van der Waals surface area contributed by atoms with Crippen molar-refractivity contribution in [1.82, 2.24) is 9.80 Å². The van der Waals surface area contributed by atoms with Gasteiger partial charge in [-0.1, -0.05) is 18.2 Å². The van der Waals surface area contributed by atoms with Gasteiger partial charge in [0.25, 0.3) is 0 Å². The average molecular weight is 573 g/mol. The van der Waals surface area contributed by atoms with Crippen LogP contribution in [0.4, 0.5) is 0 Å². The van der Waals surface area contributed by atoms with Crippen molar-refractivity contribution in [3.05, 3.63) is 59.7 Å². The summed E-state index contributed by atoms with van der Waals surface area (Å²) in [5, 5.41) is 0. The fraction of sp³-hybridized carbons (Fsp3) is 0.529. The Morgan fingerprint density at radius 3 is 2.07 bits per heavy atom. The lowest BCUT2D eigenvalue weighted by Crippen LogP contribution is -2.54. The van der Waals surface area contributed by atoms with Gasteiger partial charge >= 0.3 is 0 Å². The molecule has 2 aromatic carbocycles. The maximum Gasteiger partial charge on any atom is 0.246 e. The van der Waals surface area contributed by atoms with Crippen molar-refractivity contribution >= 4 is 11.8 Å². The summed E-state index contributed by atoms with van der Waals surface area (Å²) < 4.78 is 22.4. The number of aryl methyl sites for hydroxylation is 1. The van der Waals surface area contributed by atoms with Gasteiger partial charge in [-0.05, 0) is 105 Å². The molecular weight excluding hydrogens is 532 g/mol. The quantitative estimate of drug-likeness (QED) is 0.419. The summed E-state index contributed by atoms with van der Waals surface area (Å²) >= 11 is 0. The summed E-state index contributed by atoms with van der Waals surface area (Å²) in [4.78, 5) is 31.5. The Balaban J connectivity index is 1.19. The zero-order valence-corrected chi connectivity index (χ0v) is 24.2. The Morgan fingerprint density at radius 2 is 1.36 bits per heavy atom. The molecule has 8 nitrogen and oxygen atoms in total. The van der Waals surface area contributed by atoms with Crippen LogP contribution in [-0.4, -0.2) is 61.4 Å². The van der Waals surface area contributed by atoms with Gasteiger partial charge in [-0.3, -0.25) is 9.59 Å². The molecule has 222 valence electrons. The number of hydrogen-bond acceptors (Lipinski definition) is 6. The lowest BCUT2D eigenvalue weighted by molar-refractivity contribution is -0.146. The highest BCUT2D eigenvalue weighted by molar-refractivity contribution is 5.88. The van der Waals surface area contributed by atoms with Crippen LogP contribution in [0.5, 0.6) is 23.0 Å². The molecule has 8 heteroatoms. The molecule has 0 bridgehead atoms. The van der Waals surface area contributed by atoms with Gasteiger partial charge < -0.3 is 28.7 Å². The Labute approximate surface area is 247 Å². The van der Waals surface area contributed by atoms with Crippen LogP contribution < -0.4 is 18.9 Å². The second-order valence-corrected chi connectivity index (χ2v) is 12.3. The number of allylic oxidation sites excluding steroid dienone is 1. The number of piperidine rings is 2. The second-order valence-electron chi connectivity index (χ2n) is 12.3. The van der Waals surface area contributed by atoms with E-state index in [-0.39, 0.29) is 49.1 Å². The summed E-state index contributed by atoms with van der Waals surface area (Å²) in [6.07, 6.45) is 12.2. The molecule has 2 amide bonds. The van der Waals surface area contributed by atoms with Crippen LogP contribution >= 0.6 is 0 Å². The largest absolute Gasteiger partial charge is 0.454 e. The molecule has 2 saturated heterocycles. The van der Waals surface area contributed by atoms with Crippen molar-refractivity contribution < 1.29 is 28.5 Å². The van der Waals surface area contributed by atoms with Crippen molar-refractivity contribution in [1.29, 1.82) is 0 Å². The van der Waals surface area contributed by atoms with Crippen molar-refractivity contribution in [2.45, 2.75) is 57.3 Å². The monoisotopic (exact) mass is 572 g/mol. The Bertz CT molecular complexity index is 1350. The number of ether oxygens (including phenoxy) is 4. The van der Waals surface area contributed by atoms with Gasteiger partial charge in [0.15, 0.2) is 23.0 Å². The van der Waals surface area contributed by atoms with Gasteiger partial charge in [0.2, 0.25) is 25.4 Å². The predicted octanol–water partition coefficient (Wildman–Crippen LogP) is 5.30. The maximum absolute atomic E-state index is 14.2. The number of carbonyl (C=O) groups is 2. The predicted molar refractivity (Wildman–Crippen MR) is 157 cm³/mol. The fourth-order valence-corrected chi connectivity index (χ4v) is 7.56. The van der Waals surface area contributed by atoms with Gasteiger partial charge in [0.05, 0.1) is 0 Å². The summed E-state index contributed by atoms with van der Waals surface area (Å²) in [5.74, 6) is 3.36. The minimum atomic E-state index is -0.155. The minimum Gasteiger partial charge on any atom is -0.454 e. The van der Waals surface area contributed by atoms with Gasteiger partial charge in [-0.25, -0.2) is 0 Å². The number of carbonyl (C=O) groups excluding carboxylic acids is 2. The van der Waals surface area contributed by atoms with Crippen LogP contribution in [0.25, 0.3) is 0 Å². The van der Waals surface area contributed by atoms with Gasteiger partial charge in [0, 0.05) is 38.0 Å². The van der Waals surface area contributed by atoms with E-state index in [1.807, 2.05) is 23.1 Å². The Hall–Kier alpha value is -3.68. The molecule has 0 spiro atoms. The van der Waals surface area contributed by atoms with E-state index in [1.165, 1.54) is 18.4 Å². The van der Waals surface area contributed by atoms with Gasteiger partial charge in [-0.2, -0.15) is 0 Å². The Kier molecular flexibility index (Phi) is 7.70. The Morgan fingerprint density at radius 1 is 0.738 bits per heavy atom. The van der Waals surface area contributed by atoms with Crippen LogP contribution in [0.3, 0.4) is 0 Å². The van der Waals surface area contributed by atoms with Crippen molar-refractivity contribution in [3.63, 3.8) is 0 Å². The van der Waals surface area contributed by atoms with Crippen molar-refractivity contribution in [2.24, 2.45) is 17.8 Å². The number of nitrogens with zero attached hydrogens (tertiary/aromatic N) is 2. The molecule has 4 heterocycles. The molecule has 0 unspecified atom stereocenters. The number of likely N-dealkylation sites (tertiary alicyclic amines) is 2. The number of amides is 2. The maximum atomic E-state index is 14.2. The lowest BCUT2D eigenvalue weighted by atomic mass is 9.52. The van der Waals surface area contributed by atoms with Crippen LogP contribution in [0.15, 0.2) is 48.6 Å². The molecule has 5 aliphatic rings. The van der Waals surface area contributed by atoms with E-state index in [0.717, 1.165) is 93.3 Å². The number of rotatable bonds is 7. The highest BCUT2D eigenvalue weighted by atomic mass is 16.7. The second kappa shape index (κ2) is 11.9. The normalized spacial score (nSPS) is 26.4. The van der Waals surface area contributed by atoms with E-state index in [0.29, 0.717) is 0 Å². The molecule has 0 aromatic heterocycles. The van der Waals surface area contributed by atoms with Crippen molar-refractivity contribution in [3.8, 4) is 23.0 Å². The summed E-state index contributed by atoms with van der Waals surface area (Å²) in [6, 6.07) is 12.2. The summed E-state index contributed by atoms with van der Waals surface area (Å²) in [7, 11) is 0. The average Bonchev–Trinajstić information content (AvgIpc) is 3.70. The molecule has 3 fully saturated rings. The van der Waals surface area contributed by atoms with E-state index in [2.05, 4.69) is 29.2 Å². The number of fused-ring (bicyclic) bond motifs is 2. The smallest absolute Gasteiger partial charge is 0.246 e. The molecule has 4 aliphatic heterocycles. The zero-order valence-electron chi connectivity index (χ0n) is 24.2. The fourth-order valence-electron chi connectivity index (χ4n) is 7.56. The highest BCUT2D eigenvalue weighted by Crippen LogP contribution is 2.57. The lowest BCUT2D eigenvalue weighted by Gasteiger charge is -2.52. The molecule has 1 saturated carbocycles. The number of hydrogen-bond donors (Lipinski definition) is 0. The van der Waals surface area contributed by atoms with E-state index < -0.39 is 0 Å². The van der Waals surface area contributed by atoms with Crippen LogP contribution in [0, 0.1) is 17.8 Å².